The van der Waals surface area contributed by atoms with E-state index in [0.29, 0.717) is 0 Å². The van der Waals surface area contributed by atoms with Gasteiger partial charge in [0.25, 0.3) is 0 Å². The quantitative estimate of drug-likeness (QED) is 0.524. The lowest BCUT2D eigenvalue weighted by Gasteiger charge is -2.05. The first-order valence-corrected chi connectivity index (χ1v) is 4.65. The van der Waals surface area contributed by atoms with Crippen molar-refractivity contribution in [1.29, 1.82) is 0 Å². The third-order valence-electron chi connectivity index (χ3n) is 2.63. The van der Waals surface area contributed by atoms with E-state index in [1.165, 1.54) is 25.7 Å². The van der Waals surface area contributed by atoms with Crippen LogP contribution < -0.4 is 0 Å². The molecule has 2 bridgehead atoms. The summed E-state index contributed by atoms with van der Waals surface area (Å²) in [6.45, 7) is 3.06. The molecule has 64 valence electrons. The van der Waals surface area contributed by atoms with E-state index in [1.54, 1.807) is 32.1 Å². The first-order valence-electron chi connectivity index (χ1n) is 4.65. The minimum absolute atomic E-state index is 0.167. The Morgan fingerprint density at radius 1 is 1.00 bits per heavy atom. The summed E-state index contributed by atoms with van der Waals surface area (Å²) in [6.07, 6.45) is 7.82. The topological polar surface area (TPSA) is 17.1 Å². The maximum absolute atomic E-state index is 9.44. The molecule has 2 saturated carbocycles. The Bertz CT molecular complexity index is 118. The molecule has 0 atom stereocenters. The van der Waals surface area contributed by atoms with Gasteiger partial charge < -0.3 is 4.79 Å². The molecular formula is C10H18O. The average Bonchev–Trinajstić information content (AvgIpc) is 2.45. The highest BCUT2D eigenvalue weighted by Gasteiger charge is 2.30. The molecule has 0 unspecified atom stereocenters. The van der Waals surface area contributed by atoms with Gasteiger partial charge in [-0.25, -0.2) is 0 Å². The molecule has 0 saturated heterocycles. The van der Waals surface area contributed by atoms with Crippen LogP contribution in [0.2, 0.25) is 0 Å². The van der Waals surface area contributed by atoms with Gasteiger partial charge in [0.2, 0.25) is 0 Å². The fourth-order valence-electron chi connectivity index (χ4n) is 2.17. The summed E-state index contributed by atoms with van der Waals surface area (Å²) in [5.74, 6) is 2.51. The van der Waals surface area contributed by atoms with Crippen LogP contribution in [0.3, 0.4) is 0 Å². The van der Waals surface area contributed by atoms with E-state index >= 15 is 0 Å². The van der Waals surface area contributed by atoms with Gasteiger partial charge in [-0.1, -0.05) is 25.7 Å². The highest BCUT2D eigenvalue weighted by Crippen LogP contribution is 2.43. The summed E-state index contributed by atoms with van der Waals surface area (Å²) in [7, 11) is 0. The van der Waals surface area contributed by atoms with E-state index in [1.807, 2.05) is 0 Å². The summed E-state index contributed by atoms with van der Waals surface area (Å²) >= 11 is 0. The van der Waals surface area contributed by atoms with Crippen LogP contribution in [0.1, 0.15) is 46.0 Å². The minimum Gasteiger partial charge on any atom is -0.300 e. The molecular weight excluding hydrogens is 136 g/mol. The molecule has 0 aromatic rings. The van der Waals surface area contributed by atoms with Crippen molar-refractivity contribution in [2.75, 3.05) is 0 Å². The fourth-order valence-corrected chi connectivity index (χ4v) is 2.17. The molecule has 11 heavy (non-hydrogen) atoms. The van der Waals surface area contributed by atoms with E-state index in [9.17, 15) is 4.79 Å². The van der Waals surface area contributed by atoms with Crippen molar-refractivity contribution in [2.45, 2.75) is 46.0 Å². The first-order chi connectivity index (χ1) is 5.18. The van der Waals surface area contributed by atoms with E-state index in [-0.39, 0.29) is 5.78 Å². The second kappa shape index (κ2) is 3.89. The van der Waals surface area contributed by atoms with Gasteiger partial charge in [-0.3, -0.25) is 0 Å². The number of Topliss-reactive ketones (excluding diaryl/α,β-unsaturated/α-hetero) is 1. The average molecular weight is 154 g/mol. The molecule has 0 spiro atoms. The molecule has 0 aromatic carbocycles. The third-order valence-corrected chi connectivity index (χ3v) is 2.63. The van der Waals surface area contributed by atoms with Crippen LogP contribution in [0.15, 0.2) is 0 Å². The van der Waals surface area contributed by atoms with Crippen LogP contribution in [-0.2, 0) is 4.79 Å². The number of carbonyl (C=O) groups is 1. The van der Waals surface area contributed by atoms with Crippen molar-refractivity contribution in [3.63, 3.8) is 0 Å². The van der Waals surface area contributed by atoms with Crippen LogP contribution >= 0.6 is 0 Å². The molecule has 1 nitrogen and oxygen atoms in total. The van der Waals surface area contributed by atoms with Gasteiger partial charge in [0.1, 0.15) is 5.78 Å². The van der Waals surface area contributed by atoms with Gasteiger partial charge >= 0.3 is 0 Å². The normalized spacial score (nSPS) is 32.9. The second-order valence-corrected chi connectivity index (χ2v) is 4.03. The molecule has 2 aliphatic carbocycles. The Kier molecular flexibility index (Phi) is 3.10. The van der Waals surface area contributed by atoms with Crippen LogP contribution in [0, 0.1) is 11.8 Å². The molecule has 0 radical (unpaired) electrons. The number of ketones is 1. The monoisotopic (exact) mass is 154 g/mol. The molecule has 0 amide bonds. The summed E-state index contributed by atoms with van der Waals surface area (Å²) in [4.78, 5) is 9.44. The first kappa shape index (κ1) is 8.76. The lowest BCUT2D eigenvalue weighted by atomic mass is 10.0. The van der Waals surface area contributed by atoms with Crippen molar-refractivity contribution < 1.29 is 4.79 Å². The molecule has 1 heteroatoms. The van der Waals surface area contributed by atoms with E-state index in [4.69, 9.17) is 0 Å². The highest BCUT2D eigenvalue weighted by molar-refractivity contribution is 5.72. The fraction of sp³-hybridized carbons (Fsp3) is 0.900. The minimum atomic E-state index is 0.167. The molecule has 2 fully saturated rings. The van der Waals surface area contributed by atoms with Crippen molar-refractivity contribution in [2.24, 2.45) is 11.8 Å². The Balaban J connectivity index is 0.000000134. The molecule has 2 rings (SSSR count). The van der Waals surface area contributed by atoms with Crippen LogP contribution in [-0.4, -0.2) is 5.78 Å². The summed E-state index contributed by atoms with van der Waals surface area (Å²) < 4.78 is 0. The third kappa shape index (κ3) is 3.04. The standard InChI is InChI=1S/C7H12.C3H6O/c1-2-7-4-3-6(1)5-7;1-3(2)4/h6-7H,1-5H2;1-2H3. The van der Waals surface area contributed by atoms with E-state index in [0.717, 1.165) is 0 Å². The van der Waals surface area contributed by atoms with Crippen molar-refractivity contribution in [3.8, 4) is 0 Å². The maximum atomic E-state index is 9.44. The maximum Gasteiger partial charge on any atom is 0.126 e. The van der Waals surface area contributed by atoms with E-state index in [2.05, 4.69) is 0 Å². The second-order valence-electron chi connectivity index (χ2n) is 4.03. The van der Waals surface area contributed by atoms with Crippen molar-refractivity contribution >= 4 is 5.78 Å². The van der Waals surface area contributed by atoms with Gasteiger partial charge in [0.15, 0.2) is 0 Å². The Hall–Kier alpha value is -0.330. The van der Waals surface area contributed by atoms with Gasteiger partial charge in [-0.15, -0.1) is 0 Å². The zero-order valence-corrected chi connectivity index (χ0v) is 7.60. The Morgan fingerprint density at radius 2 is 1.27 bits per heavy atom. The molecule has 2 aliphatic rings. The van der Waals surface area contributed by atoms with Gasteiger partial charge in [0, 0.05) is 0 Å². The Morgan fingerprint density at radius 3 is 1.36 bits per heavy atom. The number of carbonyl (C=O) groups excluding carboxylic acids is 1. The van der Waals surface area contributed by atoms with Crippen LogP contribution in [0.4, 0.5) is 0 Å². The molecule has 0 aliphatic heterocycles. The largest absolute Gasteiger partial charge is 0.300 e. The predicted octanol–water partition coefficient (Wildman–Crippen LogP) is 2.79. The summed E-state index contributed by atoms with van der Waals surface area (Å²) in [5.41, 5.74) is 0. The number of rotatable bonds is 0. The molecule has 0 aromatic heterocycles. The summed E-state index contributed by atoms with van der Waals surface area (Å²) in [5, 5.41) is 0. The predicted molar refractivity (Wildman–Crippen MR) is 46.4 cm³/mol. The van der Waals surface area contributed by atoms with Crippen molar-refractivity contribution in [1.82, 2.24) is 0 Å². The van der Waals surface area contributed by atoms with Gasteiger partial charge in [-0.2, -0.15) is 0 Å². The van der Waals surface area contributed by atoms with Crippen LogP contribution in [0.5, 0.6) is 0 Å². The smallest absolute Gasteiger partial charge is 0.126 e. The van der Waals surface area contributed by atoms with Gasteiger partial charge in [-0.05, 0) is 32.1 Å². The van der Waals surface area contributed by atoms with Crippen molar-refractivity contribution in [3.05, 3.63) is 0 Å². The summed E-state index contributed by atoms with van der Waals surface area (Å²) in [6, 6.07) is 0. The highest BCUT2D eigenvalue weighted by atomic mass is 16.1. The molecule has 0 N–H and O–H groups in total. The Labute approximate surface area is 69.2 Å². The lowest BCUT2D eigenvalue weighted by molar-refractivity contribution is -0.114. The van der Waals surface area contributed by atoms with Crippen LogP contribution in [0.25, 0.3) is 0 Å². The number of hydrogen-bond acceptors (Lipinski definition) is 1. The molecule has 0 heterocycles. The van der Waals surface area contributed by atoms with Gasteiger partial charge in [0.05, 0.1) is 0 Å². The van der Waals surface area contributed by atoms with E-state index < -0.39 is 0 Å². The SMILES string of the molecule is C1CC2CCC1C2.CC(C)=O. The number of fused-ring (bicyclic) bond motifs is 2. The zero-order valence-electron chi connectivity index (χ0n) is 7.60. The number of hydrogen-bond donors (Lipinski definition) is 0. The lowest BCUT2D eigenvalue weighted by Crippen LogP contribution is -1.90. The zero-order chi connectivity index (χ0) is 8.27.